The van der Waals surface area contributed by atoms with E-state index >= 15 is 0 Å². The van der Waals surface area contributed by atoms with E-state index in [1.54, 1.807) is 24.3 Å². The van der Waals surface area contributed by atoms with Gasteiger partial charge in [0.15, 0.2) is 5.88 Å². The highest BCUT2D eigenvalue weighted by molar-refractivity contribution is 6.02. The van der Waals surface area contributed by atoms with Gasteiger partial charge in [-0.05, 0) is 18.2 Å². The Kier molecular flexibility index (Phi) is 3.55. The van der Waals surface area contributed by atoms with Gasteiger partial charge in [0.2, 0.25) is 0 Å². The topological polar surface area (TPSA) is 48.4 Å². The van der Waals surface area contributed by atoms with E-state index in [1.807, 2.05) is 0 Å². The van der Waals surface area contributed by atoms with Crippen LogP contribution in [-0.4, -0.2) is 16.3 Å². The van der Waals surface area contributed by atoms with Crippen LogP contribution in [0.2, 0.25) is 0 Å². The lowest BCUT2D eigenvalue weighted by atomic mass is 10.1. The molecule has 0 atom stereocenters. The lowest BCUT2D eigenvalue weighted by Crippen LogP contribution is -2.08. The average molecular weight is 322 g/mol. The molecule has 0 spiro atoms. The van der Waals surface area contributed by atoms with Crippen LogP contribution >= 0.6 is 0 Å². The van der Waals surface area contributed by atoms with Crippen LogP contribution in [0.25, 0.3) is 10.9 Å². The Balaban J connectivity index is 2.10. The van der Waals surface area contributed by atoms with Crippen molar-refractivity contribution in [3.63, 3.8) is 0 Å². The number of aromatic amines is 1. The summed E-state index contributed by atoms with van der Waals surface area (Å²) in [7, 11) is 0. The average Bonchev–Trinajstić information content (AvgIpc) is 2.79. The minimum Gasteiger partial charge on any atom is -0.494 e. The van der Waals surface area contributed by atoms with Gasteiger partial charge in [0.1, 0.15) is 11.4 Å². The van der Waals surface area contributed by atoms with Gasteiger partial charge in [-0.15, -0.1) is 0 Å². The minimum atomic E-state index is -4.86. The van der Waals surface area contributed by atoms with Crippen molar-refractivity contribution in [2.45, 2.75) is 6.18 Å². The van der Waals surface area contributed by atoms with E-state index in [4.69, 9.17) is 0 Å². The second-order valence-electron chi connectivity index (χ2n) is 4.82. The Hall–Kier alpha value is -2.83. The molecule has 1 aromatic heterocycles. The summed E-state index contributed by atoms with van der Waals surface area (Å²) in [6, 6.07) is 9.79. The summed E-state index contributed by atoms with van der Waals surface area (Å²) in [6.07, 6.45) is -3.78. The molecule has 0 bridgehead atoms. The van der Waals surface area contributed by atoms with Gasteiger partial charge in [-0.25, -0.2) is 4.39 Å². The van der Waals surface area contributed by atoms with Crippen LogP contribution in [0.3, 0.4) is 0 Å². The molecule has 2 N–H and O–H groups in total. The second-order valence-corrected chi connectivity index (χ2v) is 4.82. The number of nitrogens with one attached hydrogen (secondary N) is 1. The number of H-pyrrole nitrogens is 1. The number of halogens is 4. The van der Waals surface area contributed by atoms with Crippen LogP contribution < -0.4 is 0 Å². The number of alkyl halides is 3. The first kappa shape index (κ1) is 15.1. The zero-order chi connectivity index (χ0) is 16.6. The third-order valence-corrected chi connectivity index (χ3v) is 3.33. The maximum atomic E-state index is 13.5. The number of aromatic nitrogens is 1. The SMILES string of the molecule is Oc1[nH]c2ccccc2c1C=Nc1cccc(F)c1C(F)(F)F. The number of hydrogen-bond donors (Lipinski definition) is 2. The molecule has 2 aromatic carbocycles. The quantitative estimate of drug-likeness (QED) is 0.517. The van der Waals surface area contributed by atoms with Crippen LogP contribution in [-0.2, 0) is 6.18 Å². The van der Waals surface area contributed by atoms with Gasteiger partial charge < -0.3 is 10.1 Å². The molecule has 7 heteroatoms. The molecule has 23 heavy (non-hydrogen) atoms. The van der Waals surface area contributed by atoms with Gasteiger partial charge in [-0.1, -0.05) is 24.3 Å². The van der Waals surface area contributed by atoms with E-state index in [2.05, 4.69) is 9.98 Å². The maximum absolute atomic E-state index is 13.5. The minimum absolute atomic E-state index is 0.222. The first-order chi connectivity index (χ1) is 10.9. The summed E-state index contributed by atoms with van der Waals surface area (Å²) in [4.78, 5) is 6.41. The molecule has 3 nitrogen and oxygen atoms in total. The lowest BCUT2D eigenvalue weighted by Gasteiger charge is -2.10. The molecular weight excluding hydrogens is 312 g/mol. The van der Waals surface area contributed by atoms with Crippen molar-refractivity contribution >= 4 is 22.8 Å². The van der Waals surface area contributed by atoms with Crippen molar-refractivity contribution in [3.05, 3.63) is 59.4 Å². The third-order valence-electron chi connectivity index (χ3n) is 3.33. The van der Waals surface area contributed by atoms with Crippen molar-refractivity contribution in [1.82, 2.24) is 4.98 Å². The molecule has 118 valence electrons. The zero-order valence-corrected chi connectivity index (χ0v) is 11.5. The fourth-order valence-corrected chi connectivity index (χ4v) is 2.32. The lowest BCUT2D eigenvalue weighted by molar-refractivity contribution is -0.139. The van der Waals surface area contributed by atoms with E-state index in [1.165, 1.54) is 0 Å². The molecule has 0 aliphatic rings. The number of fused-ring (bicyclic) bond motifs is 1. The Morgan fingerprint density at radius 3 is 2.52 bits per heavy atom. The number of aliphatic imine (C=N–C) groups is 1. The molecular formula is C16H10F4N2O. The molecule has 0 fully saturated rings. The second kappa shape index (κ2) is 5.42. The van der Waals surface area contributed by atoms with Crippen molar-refractivity contribution in [2.24, 2.45) is 4.99 Å². The highest BCUT2D eigenvalue weighted by Crippen LogP contribution is 2.38. The van der Waals surface area contributed by atoms with Crippen molar-refractivity contribution in [3.8, 4) is 5.88 Å². The van der Waals surface area contributed by atoms with Gasteiger partial charge >= 0.3 is 6.18 Å². The smallest absolute Gasteiger partial charge is 0.421 e. The fraction of sp³-hybridized carbons (Fsp3) is 0.0625. The number of nitrogens with zero attached hydrogens (tertiary/aromatic N) is 1. The van der Waals surface area contributed by atoms with E-state index < -0.39 is 23.2 Å². The Morgan fingerprint density at radius 2 is 1.78 bits per heavy atom. The van der Waals surface area contributed by atoms with E-state index in [0.29, 0.717) is 10.9 Å². The normalized spacial score (nSPS) is 12.3. The van der Waals surface area contributed by atoms with Gasteiger partial charge in [-0.2, -0.15) is 13.2 Å². The first-order valence-electron chi connectivity index (χ1n) is 6.57. The number of benzene rings is 2. The Labute approximate surface area is 127 Å². The highest BCUT2D eigenvalue weighted by Gasteiger charge is 2.36. The molecule has 3 aromatic rings. The van der Waals surface area contributed by atoms with Gasteiger partial charge in [0.05, 0.1) is 11.3 Å². The van der Waals surface area contributed by atoms with Crippen LogP contribution in [0.5, 0.6) is 5.88 Å². The highest BCUT2D eigenvalue weighted by atomic mass is 19.4. The number of aromatic hydroxyl groups is 1. The van der Waals surface area contributed by atoms with Crippen molar-refractivity contribution in [1.29, 1.82) is 0 Å². The summed E-state index contributed by atoms with van der Waals surface area (Å²) in [5.41, 5.74) is -1.14. The summed E-state index contributed by atoms with van der Waals surface area (Å²) in [5.74, 6) is -1.62. The summed E-state index contributed by atoms with van der Waals surface area (Å²) in [5, 5.41) is 10.4. The third kappa shape index (κ3) is 2.77. The van der Waals surface area contributed by atoms with Gasteiger partial charge in [0.25, 0.3) is 0 Å². The van der Waals surface area contributed by atoms with Gasteiger partial charge in [-0.3, -0.25) is 4.99 Å². The maximum Gasteiger partial charge on any atom is 0.421 e. The van der Waals surface area contributed by atoms with Gasteiger partial charge in [0, 0.05) is 17.1 Å². The van der Waals surface area contributed by atoms with E-state index in [0.717, 1.165) is 24.4 Å². The molecule has 0 saturated heterocycles. The zero-order valence-electron chi connectivity index (χ0n) is 11.5. The Bertz CT molecular complexity index is 897. The summed E-state index contributed by atoms with van der Waals surface area (Å²) < 4.78 is 52.3. The van der Waals surface area contributed by atoms with Crippen molar-refractivity contribution in [2.75, 3.05) is 0 Å². The number of rotatable bonds is 2. The predicted molar refractivity (Wildman–Crippen MR) is 78.6 cm³/mol. The molecule has 0 radical (unpaired) electrons. The molecule has 0 unspecified atom stereocenters. The molecule has 3 rings (SSSR count). The monoisotopic (exact) mass is 322 g/mol. The van der Waals surface area contributed by atoms with Crippen LogP contribution in [0.4, 0.5) is 23.2 Å². The standard InChI is InChI=1S/C16H10F4N2O/c17-11-5-3-7-13(14(11)16(18,19)20)21-8-10-9-4-1-2-6-12(9)22-15(10)23/h1-8,22-23H. The van der Waals surface area contributed by atoms with Crippen LogP contribution in [0.1, 0.15) is 11.1 Å². The van der Waals surface area contributed by atoms with Crippen LogP contribution in [0, 0.1) is 5.82 Å². The molecule has 0 amide bonds. The first-order valence-corrected chi connectivity index (χ1v) is 6.57. The summed E-state index contributed by atoms with van der Waals surface area (Å²) in [6.45, 7) is 0. The molecule has 1 heterocycles. The fourth-order valence-electron chi connectivity index (χ4n) is 2.32. The molecule has 0 aliphatic heterocycles. The predicted octanol–water partition coefficient (Wildman–Crippen LogP) is 4.78. The number of para-hydroxylation sites is 1. The molecule has 0 saturated carbocycles. The molecule has 0 aliphatic carbocycles. The largest absolute Gasteiger partial charge is 0.494 e. The van der Waals surface area contributed by atoms with E-state index in [9.17, 15) is 22.7 Å². The van der Waals surface area contributed by atoms with Crippen LogP contribution in [0.15, 0.2) is 47.5 Å². The number of hydrogen-bond acceptors (Lipinski definition) is 2. The summed E-state index contributed by atoms with van der Waals surface area (Å²) >= 11 is 0. The van der Waals surface area contributed by atoms with Crippen molar-refractivity contribution < 1.29 is 22.7 Å². The van der Waals surface area contributed by atoms with E-state index in [-0.39, 0.29) is 11.4 Å². The Morgan fingerprint density at radius 1 is 1.04 bits per heavy atom.